The zero-order valence-electron chi connectivity index (χ0n) is 7.23. The summed E-state index contributed by atoms with van der Waals surface area (Å²) < 4.78 is 0. The van der Waals surface area contributed by atoms with Gasteiger partial charge >= 0.3 is 5.97 Å². The molecule has 0 rings (SSSR count). The summed E-state index contributed by atoms with van der Waals surface area (Å²) >= 11 is 0. The maximum absolute atomic E-state index is 10.4. The van der Waals surface area contributed by atoms with Gasteiger partial charge in [0.05, 0.1) is 0 Å². The Morgan fingerprint density at radius 2 is 2.08 bits per heavy atom. The molecule has 0 amide bonds. The zero-order valence-corrected chi connectivity index (χ0v) is 7.23. The van der Waals surface area contributed by atoms with Gasteiger partial charge in [-0.25, -0.2) is 0 Å². The second kappa shape index (κ2) is 5.15. The summed E-state index contributed by atoms with van der Waals surface area (Å²) in [6.45, 7) is 3.82. The van der Waals surface area contributed by atoms with Crippen LogP contribution in [-0.4, -0.2) is 29.6 Å². The number of aliphatic imine (C=N–C) groups is 1. The van der Waals surface area contributed by atoms with Gasteiger partial charge in [0.2, 0.25) is 0 Å². The molecule has 0 aliphatic carbocycles. The van der Waals surface area contributed by atoms with E-state index in [-0.39, 0.29) is 5.96 Å². The van der Waals surface area contributed by atoms with Crippen LogP contribution < -0.4 is 17.2 Å². The van der Waals surface area contributed by atoms with Gasteiger partial charge in [0.15, 0.2) is 5.96 Å². The number of carbonyl (C=O) groups is 1. The van der Waals surface area contributed by atoms with Crippen molar-refractivity contribution in [1.29, 1.82) is 0 Å². The van der Waals surface area contributed by atoms with Crippen molar-refractivity contribution in [2.75, 3.05) is 6.54 Å². The largest absolute Gasteiger partial charge is 0.480 e. The van der Waals surface area contributed by atoms with Crippen LogP contribution in [0.5, 0.6) is 0 Å². The lowest BCUT2D eigenvalue weighted by atomic mass is 10.1. The van der Waals surface area contributed by atoms with E-state index in [4.69, 9.17) is 22.3 Å². The highest BCUT2D eigenvalue weighted by atomic mass is 16.4. The smallest absolute Gasteiger partial charge is 0.324 e. The molecule has 0 aromatic carbocycles. The maximum Gasteiger partial charge on any atom is 0.324 e. The van der Waals surface area contributed by atoms with E-state index in [9.17, 15) is 4.79 Å². The first-order valence-corrected chi connectivity index (χ1v) is 3.66. The molecular formula is C7H14N4O2. The second-order valence-corrected chi connectivity index (χ2v) is 2.53. The highest BCUT2D eigenvalue weighted by Crippen LogP contribution is 2.02. The van der Waals surface area contributed by atoms with Gasteiger partial charge in [-0.3, -0.25) is 9.79 Å². The van der Waals surface area contributed by atoms with Crippen LogP contribution in [0.2, 0.25) is 0 Å². The molecule has 0 heterocycles. The molecule has 0 radical (unpaired) electrons. The van der Waals surface area contributed by atoms with Crippen LogP contribution in [0.1, 0.15) is 6.42 Å². The summed E-state index contributed by atoms with van der Waals surface area (Å²) in [6, 6.07) is -1.05. The van der Waals surface area contributed by atoms with Gasteiger partial charge in [-0.15, -0.1) is 0 Å². The Balaban J connectivity index is 3.89. The van der Waals surface area contributed by atoms with Crippen LogP contribution in [-0.2, 0) is 4.79 Å². The molecule has 6 heteroatoms. The number of guanidine groups is 1. The molecule has 13 heavy (non-hydrogen) atoms. The standard InChI is InChI=1S/C7H14N4O2/c1-4(5(8)6(12)13)2-3-11-7(9)10/h5H,1-3,8H2,(H,12,13)(H4,9,10,11)/t5-/m0/s1. The third kappa shape index (κ3) is 4.81. The Labute approximate surface area is 76.1 Å². The third-order valence-corrected chi connectivity index (χ3v) is 1.43. The topological polar surface area (TPSA) is 128 Å². The van der Waals surface area contributed by atoms with Crippen LogP contribution in [0.4, 0.5) is 0 Å². The first-order chi connectivity index (χ1) is 5.95. The zero-order chi connectivity index (χ0) is 10.4. The van der Waals surface area contributed by atoms with Crippen molar-refractivity contribution in [3.63, 3.8) is 0 Å². The summed E-state index contributed by atoms with van der Waals surface area (Å²) in [5.41, 5.74) is 15.8. The fourth-order valence-electron chi connectivity index (χ4n) is 0.659. The summed E-state index contributed by atoms with van der Waals surface area (Å²) in [5, 5.41) is 8.49. The predicted octanol–water partition coefficient (Wildman–Crippen LogP) is -1.38. The van der Waals surface area contributed by atoms with Crippen LogP contribution in [0.3, 0.4) is 0 Å². The van der Waals surface area contributed by atoms with Gasteiger partial charge in [-0.1, -0.05) is 6.58 Å². The van der Waals surface area contributed by atoms with Gasteiger partial charge in [0.1, 0.15) is 6.04 Å². The molecular weight excluding hydrogens is 172 g/mol. The highest BCUT2D eigenvalue weighted by Gasteiger charge is 2.14. The van der Waals surface area contributed by atoms with E-state index < -0.39 is 12.0 Å². The molecule has 0 fully saturated rings. The van der Waals surface area contributed by atoms with E-state index in [0.717, 1.165) is 0 Å². The van der Waals surface area contributed by atoms with Gasteiger partial charge in [0.25, 0.3) is 0 Å². The molecule has 0 aromatic rings. The molecule has 0 aromatic heterocycles. The Hall–Kier alpha value is -1.56. The second-order valence-electron chi connectivity index (χ2n) is 2.53. The van der Waals surface area contributed by atoms with E-state index in [0.29, 0.717) is 18.5 Å². The van der Waals surface area contributed by atoms with Crippen molar-refractivity contribution in [1.82, 2.24) is 0 Å². The number of carboxylic acid groups (broad SMARTS) is 1. The Kier molecular flexibility index (Phi) is 4.53. The van der Waals surface area contributed by atoms with Crippen LogP contribution in [0.25, 0.3) is 0 Å². The maximum atomic E-state index is 10.4. The number of hydrogen-bond acceptors (Lipinski definition) is 3. The van der Waals surface area contributed by atoms with E-state index in [2.05, 4.69) is 11.6 Å². The van der Waals surface area contributed by atoms with Crippen molar-refractivity contribution in [3.05, 3.63) is 12.2 Å². The first kappa shape index (κ1) is 11.4. The fourth-order valence-corrected chi connectivity index (χ4v) is 0.659. The Morgan fingerprint density at radius 3 is 2.46 bits per heavy atom. The molecule has 0 unspecified atom stereocenters. The average Bonchev–Trinajstić information content (AvgIpc) is 2.02. The summed E-state index contributed by atoms with van der Waals surface area (Å²) in [5.74, 6) is -1.13. The molecule has 1 atom stereocenters. The number of nitrogens with zero attached hydrogens (tertiary/aromatic N) is 1. The Bertz CT molecular complexity index is 233. The van der Waals surface area contributed by atoms with Crippen molar-refractivity contribution in [2.24, 2.45) is 22.2 Å². The van der Waals surface area contributed by atoms with Gasteiger partial charge < -0.3 is 22.3 Å². The van der Waals surface area contributed by atoms with Crippen molar-refractivity contribution >= 4 is 11.9 Å². The SMILES string of the molecule is C=C(CCN=C(N)N)[C@H](N)C(=O)O. The number of hydrogen-bond donors (Lipinski definition) is 4. The highest BCUT2D eigenvalue weighted by molar-refractivity contribution is 5.77. The molecule has 7 N–H and O–H groups in total. The quantitative estimate of drug-likeness (QED) is 0.239. The van der Waals surface area contributed by atoms with Gasteiger partial charge in [0, 0.05) is 6.54 Å². The summed E-state index contributed by atoms with van der Waals surface area (Å²) in [7, 11) is 0. The molecule has 0 spiro atoms. The van der Waals surface area contributed by atoms with Gasteiger partial charge in [-0.2, -0.15) is 0 Å². The molecule has 74 valence electrons. The molecule has 0 aliphatic rings. The molecule has 0 aliphatic heterocycles. The van der Waals surface area contributed by atoms with Crippen molar-refractivity contribution in [3.8, 4) is 0 Å². The minimum atomic E-state index is -1.10. The molecule has 6 nitrogen and oxygen atoms in total. The predicted molar refractivity (Wildman–Crippen MR) is 50.0 cm³/mol. The van der Waals surface area contributed by atoms with Crippen LogP contribution in [0.15, 0.2) is 17.1 Å². The number of aliphatic carboxylic acids is 1. The lowest BCUT2D eigenvalue weighted by Crippen LogP contribution is -2.32. The minimum absolute atomic E-state index is 0.0308. The molecule has 0 saturated heterocycles. The molecule has 0 saturated carbocycles. The number of carboxylic acids is 1. The van der Waals surface area contributed by atoms with Crippen molar-refractivity contribution in [2.45, 2.75) is 12.5 Å². The normalized spacial score (nSPS) is 11.8. The van der Waals surface area contributed by atoms with E-state index in [1.165, 1.54) is 0 Å². The van der Waals surface area contributed by atoms with Crippen LogP contribution in [0, 0.1) is 0 Å². The Morgan fingerprint density at radius 1 is 1.54 bits per heavy atom. The summed E-state index contributed by atoms with van der Waals surface area (Å²) in [4.78, 5) is 14.0. The van der Waals surface area contributed by atoms with E-state index in [1.807, 2.05) is 0 Å². The number of nitrogens with two attached hydrogens (primary N) is 3. The minimum Gasteiger partial charge on any atom is -0.480 e. The fraction of sp³-hybridized carbons (Fsp3) is 0.429. The third-order valence-electron chi connectivity index (χ3n) is 1.43. The van der Waals surface area contributed by atoms with Crippen LogP contribution >= 0.6 is 0 Å². The lowest BCUT2D eigenvalue weighted by Gasteiger charge is -2.08. The van der Waals surface area contributed by atoms with E-state index >= 15 is 0 Å². The lowest BCUT2D eigenvalue weighted by molar-refractivity contribution is -0.137. The van der Waals surface area contributed by atoms with Crippen molar-refractivity contribution < 1.29 is 9.90 Å². The number of rotatable bonds is 5. The van der Waals surface area contributed by atoms with E-state index in [1.54, 1.807) is 0 Å². The monoisotopic (exact) mass is 186 g/mol. The average molecular weight is 186 g/mol. The summed E-state index contributed by atoms with van der Waals surface area (Å²) in [6.07, 6.45) is 0.366. The molecule has 0 bridgehead atoms. The van der Waals surface area contributed by atoms with Gasteiger partial charge in [-0.05, 0) is 12.0 Å². The first-order valence-electron chi connectivity index (χ1n) is 3.66.